The summed E-state index contributed by atoms with van der Waals surface area (Å²) in [5.41, 5.74) is -0.464. The average molecular weight is 282 g/mol. The lowest BCUT2D eigenvalue weighted by Crippen LogP contribution is -2.45. The molecule has 1 aliphatic rings. The van der Waals surface area contributed by atoms with E-state index < -0.39 is 28.4 Å². The van der Waals surface area contributed by atoms with Crippen molar-refractivity contribution in [3.63, 3.8) is 0 Å². The highest BCUT2D eigenvalue weighted by Crippen LogP contribution is 2.34. The monoisotopic (exact) mass is 282 g/mol. The summed E-state index contributed by atoms with van der Waals surface area (Å²) in [7, 11) is 1.27. The molecule has 0 aromatic heterocycles. The molecule has 6 nitrogen and oxygen atoms in total. The number of anilines is 1. The Labute approximate surface area is 115 Å². The Morgan fingerprint density at radius 2 is 2.25 bits per heavy atom. The van der Waals surface area contributed by atoms with Gasteiger partial charge in [-0.25, -0.2) is 4.79 Å². The second kappa shape index (κ2) is 5.85. The smallest absolute Gasteiger partial charge is 0.328 e. The summed E-state index contributed by atoms with van der Waals surface area (Å²) in [5.74, 6) is -1.36. The van der Waals surface area contributed by atoms with E-state index in [0.29, 0.717) is 13.0 Å². The minimum atomic E-state index is -0.901. The summed E-state index contributed by atoms with van der Waals surface area (Å²) in [6, 6.07) is 3.30. The summed E-state index contributed by atoms with van der Waals surface area (Å²) in [5, 5.41) is 11.1. The summed E-state index contributed by atoms with van der Waals surface area (Å²) in [4.78, 5) is 23.7. The van der Waals surface area contributed by atoms with Crippen molar-refractivity contribution in [1.82, 2.24) is 0 Å². The van der Waals surface area contributed by atoms with Crippen LogP contribution >= 0.6 is 0 Å². The van der Waals surface area contributed by atoms with Crippen molar-refractivity contribution in [3.8, 4) is 0 Å². The maximum Gasteiger partial charge on any atom is 0.328 e. The van der Waals surface area contributed by atoms with E-state index in [0.717, 1.165) is 18.9 Å². The highest BCUT2D eigenvalue weighted by Gasteiger charge is 2.34. The van der Waals surface area contributed by atoms with Crippen LogP contribution in [0.1, 0.15) is 19.3 Å². The normalized spacial score (nSPS) is 18.7. The van der Waals surface area contributed by atoms with E-state index in [-0.39, 0.29) is 5.69 Å². The minimum Gasteiger partial charge on any atom is -0.467 e. The lowest BCUT2D eigenvalue weighted by molar-refractivity contribution is -0.386. The molecule has 1 aromatic carbocycles. The number of carbonyl (C=O) groups excluding carboxylic acids is 1. The number of rotatable bonds is 3. The lowest BCUT2D eigenvalue weighted by Gasteiger charge is -2.35. The van der Waals surface area contributed by atoms with Crippen LogP contribution < -0.4 is 4.90 Å². The Hall–Kier alpha value is -2.18. The van der Waals surface area contributed by atoms with Crippen LogP contribution in [0, 0.1) is 15.9 Å². The first kappa shape index (κ1) is 14.2. The zero-order valence-electron chi connectivity index (χ0n) is 11.0. The van der Waals surface area contributed by atoms with E-state index in [1.165, 1.54) is 19.2 Å². The third kappa shape index (κ3) is 2.56. The number of hydrogen-bond donors (Lipinski definition) is 0. The number of nitro benzene ring substituents is 1. The Bertz CT molecular complexity index is 535. The quantitative estimate of drug-likeness (QED) is 0.483. The van der Waals surface area contributed by atoms with Gasteiger partial charge >= 0.3 is 11.7 Å². The summed E-state index contributed by atoms with van der Waals surface area (Å²) < 4.78 is 18.4. The molecule has 108 valence electrons. The van der Waals surface area contributed by atoms with Gasteiger partial charge in [-0.3, -0.25) is 10.1 Å². The van der Waals surface area contributed by atoms with Crippen molar-refractivity contribution in [2.45, 2.75) is 25.3 Å². The van der Waals surface area contributed by atoms with Crippen LogP contribution in [-0.4, -0.2) is 30.6 Å². The number of para-hydroxylation sites is 1. The predicted octanol–water partition coefficient (Wildman–Crippen LogP) is 2.27. The number of benzene rings is 1. The molecule has 0 amide bonds. The molecule has 0 aliphatic carbocycles. The molecule has 1 atom stereocenters. The van der Waals surface area contributed by atoms with Gasteiger partial charge in [-0.1, -0.05) is 6.07 Å². The molecule has 0 radical (unpaired) electrons. The topological polar surface area (TPSA) is 72.7 Å². The second-order valence-electron chi connectivity index (χ2n) is 4.59. The third-order valence-electron chi connectivity index (χ3n) is 3.43. The van der Waals surface area contributed by atoms with Crippen LogP contribution in [0.4, 0.5) is 15.8 Å². The van der Waals surface area contributed by atoms with Gasteiger partial charge in [-0.2, -0.15) is 4.39 Å². The molecule has 1 aromatic rings. The SMILES string of the molecule is COC(=O)C1CCCCN1c1cccc(F)c1[N+](=O)[O-]. The molecule has 0 saturated carbocycles. The van der Waals surface area contributed by atoms with Crippen LogP contribution in [0.2, 0.25) is 0 Å². The maximum absolute atomic E-state index is 13.7. The van der Waals surface area contributed by atoms with Gasteiger partial charge in [0.15, 0.2) is 0 Å². The van der Waals surface area contributed by atoms with Crippen molar-refractivity contribution >= 4 is 17.3 Å². The molecule has 1 fully saturated rings. The van der Waals surface area contributed by atoms with Crippen LogP contribution in [-0.2, 0) is 9.53 Å². The predicted molar refractivity (Wildman–Crippen MR) is 70.1 cm³/mol. The number of halogens is 1. The number of esters is 1. The van der Waals surface area contributed by atoms with Crippen molar-refractivity contribution in [1.29, 1.82) is 0 Å². The van der Waals surface area contributed by atoms with Gasteiger partial charge in [-0.15, -0.1) is 0 Å². The fraction of sp³-hybridized carbons (Fsp3) is 0.462. The van der Waals surface area contributed by atoms with Crippen LogP contribution in [0.15, 0.2) is 18.2 Å². The van der Waals surface area contributed by atoms with Crippen molar-refractivity contribution in [2.24, 2.45) is 0 Å². The van der Waals surface area contributed by atoms with Gasteiger partial charge in [0.2, 0.25) is 5.82 Å². The lowest BCUT2D eigenvalue weighted by atomic mass is 10.0. The fourth-order valence-corrected chi connectivity index (χ4v) is 2.52. The largest absolute Gasteiger partial charge is 0.467 e. The Morgan fingerprint density at radius 3 is 2.90 bits per heavy atom. The number of nitrogens with zero attached hydrogens (tertiary/aromatic N) is 2. The highest BCUT2D eigenvalue weighted by atomic mass is 19.1. The molecule has 0 spiro atoms. The summed E-state index contributed by atoms with van der Waals surface area (Å²) in [6.45, 7) is 0.462. The standard InChI is InChI=1S/C13H15FN2O4/c1-20-13(17)11-6-2-3-8-15(11)10-7-4-5-9(14)12(10)16(18)19/h4-5,7,11H,2-3,6,8H2,1H3. The Kier molecular flexibility index (Phi) is 4.16. The van der Waals surface area contributed by atoms with Crippen molar-refractivity contribution in [3.05, 3.63) is 34.1 Å². The number of carbonyl (C=O) groups is 1. The number of methoxy groups -OCH3 is 1. The first-order valence-electron chi connectivity index (χ1n) is 6.33. The summed E-state index contributed by atoms with van der Waals surface area (Å²) in [6.07, 6.45) is 2.17. The average Bonchev–Trinajstić information content (AvgIpc) is 2.45. The molecule has 20 heavy (non-hydrogen) atoms. The van der Waals surface area contributed by atoms with E-state index in [9.17, 15) is 19.3 Å². The molecule has 1 aliphatic heterocycles. The summed E-state index contributed by atoms with van der Waals surface area (Å²) >= 11 is 0. The van der Waals surface area contributed by atoms with Gasteiger partial charge in [0.05, 0.1) is 12.0 Å². The second-order valence-corrected chi connectivity index (χ2v) is 4.59. The molecule has 7 heteroatoms. The zero-order chi connectivity index (χ0) is 14.7. The van der Waals surface area contributed by atoms with E-state index in [1.54, 1.807) is 4.90 Å². The first-order chi connectivity index (χ1) is 9.56. The Morgan fingerprint density at radius 1 is 1.50 bits per heavy atom. The van der Waals surface area contributed by atoms with Gasteiger partial charge in [0, 0.05) is 6.54 Å². The van der Waals surface area contributed by atoms with Gasteiger partial charge in [0.25, 0.3) is 0 Å². The molecular formula is C13H15FN2O4. The van der Waals surface area contributed by atoms with Gasteiger partial charge in [0.1, 0.15) is 11.7 Å². The first-order valence-corrected chi connectivity index (χ1v) is 6.33. The highest BCUT2D eigenvalue weighted by molar-refractivity contribution is 5.82. The number of nitro groups is 1. The van der Waals surface area contributed by atoms with E-state index in [1.807, 2.05) is 0 Å². The Balaban J connectivity index is 2.45. The number of ether oxygens (including phenoxy) is 1. The third-order valence-corrected chi connectivity index (χ3v) is 3.43. The molecule has 1 unspecified atom stereocenters. The fourth-order valence-electron chi connectivity index (χ4n) is 2.52. The molecule has 1 saturated heterocycles. The molecule has 2 rings (SSSR count). The number of piperidine rings is 1. The van der Waals surface area contributed by atoms with Crippen LogP contribution in [0.5, 0.6) is 0 Å². The molecule has 0 bridgehead atoms. The minimum absolute atomic E-state index is 0.130. The molecule has 0 N–H and O–H groups in total. The van der Waals surface area contributed by atoms with Crippen LogP contribution in [0.3, 0.4) is 0 Å². The van der Waals surface area contributed by atoms with Crippen LogP contribution in [0.25, 0.3) is 0 Å². The molecular weight excluding hydrogens is 267 g/mol. The maximum atomic E-state index is 13.7. The zero-order valence-corrected chi connectivity index (χ0v) is 11.0. The van der Waals surface area contributed by atoms with Crippen molar-refractivity contribution < 1.29 is 18.8 Å². The molecule has 1 heterocycles. The van der Waals surface area contributed by atoms with E-state index >= 15 is 0 Å². The van der Waals surface area contributed by atoms with Gasteiger partial charge < -0.3 is 9.64 Å². The van der Waals surface area contributed by atoms with Crippen molar-refractivity contribution in [2.75, 3.05) is 18.6 Å². The van der Waals surface area contributed by atoms with E-state index in [4.69, 9.17) is 4.74 Å². The van der Waals surface area contributed by atoms with E-state index in [2.05, 4.69) is 0 Å². The number of hydrogen-bond acceptors (Lipinski definition) is 5. The van der Waals surface area contributed by atoms with Gasteiger partial charge in [-0.05, 0) is 31.4 Å².